The fraction of sp³-hybridized carbons (Fsp3) is 0.278. The zero-order valence-corrected chi connectivity index (χ0v) is 12.3. The van der Waals surface area contributed by atoms with E-state index in [1.807, 2.05) is 18.2 Å². The van der Waals surface area contributed by atoms with Gasteiger partial charge >= 0.3 is 0 Å². The molecule has 1 atom stereocenters. The lowest BCUT2D eigenvalue weighted by Gasteiger charge is -2.21. The Morgan fingerprint density at radius 3 is 2.71 bits per heavy atom. The van der Waals surface area contributed by atoms with Crippen LogP contribution in [0.3, 0.4) is 0 Å². The third-order valence-corrected chi connectivity index (χ3v) is 4.01. The fourth-order valence-corrected chi connectivity index (χ4v) is 2.71. The van der Waals surface area contributed by atoms with Gasteiger partial charge in [0.15, 0.2) is 5.78 Å². The lowest BCUT2D eigenvalue weighted by molar-refractivity contribution is -0.115. The van der Waals surface area contributed by atoms with Crippen LogP contribution in [0.1, 0.15) is 35.6 Å². The highest BCUT2D eigenvalue weighted by Crippen LogP contribution is 2.32. The van der Waals surface area contributed by atoms with Crippen LogP contribution in [0.5, 0.6) is 0 Å². The molecule has 3 heteroatoms. The van der Waals surface area contributed by atoms with Crippen molar-refractivity contribution in [1.82, 2.24) is 0 Å². The molecule has 2 aromatic rings. The largest absolute Gasteiger partial charge is 0.469 e. The van der Waals surface area contributed by atoms with Gasteiger partial charge in [-0.1, -0.05) is 6.07 Å². The summed E-state index contributed by atoms with van der Waals surface area (Å²) in [5.41, 5.74) is 4.49. The summed E-state index contributed by atoms with van der Waals surface area (Å²) in [6.45, 7) is 4.18. The number of ketones is 1. The van der Waals surface area contributed by atoms with Gasteiger partial charge in [-0.15, -0.1) is 0 Å². The Bertz CT molecular complexity index is 683. The number of rotatable bonds is 3. The number of nitrogens with one attached hydrogen (secondary N) is 1. The molecular weight excluding hydrogens is 262 g/mol. The minimum Gasteiger partial charge on any atom is -0.469 e. The van der Waals surface area contributed by atoms with E-state index in [2.05, 4.69) is 31.3 Å². The molecule has 1 N–H and O–H groups in total. The molecule has 1 aliphatic carbocycles. The molecule has 0 saturated carbocycles. The van der Waals surface area contributed by atoms with Crippen LogP contribution in [0.2, 0.25) is 0 Å². The first kappa shape index (κ1) is 13.7. The summed E-state index contributed by atoms with van der Waals surface area (Å²) in [4.78, 5) is 11.9. The number of aryl methyl sites for hydroxylation is 2. The van der Waals surface area contributed by atoms with E-state index in [0.717, 1.165) is 23.6 Å². The predicted octanol–water partition coefficient (Wildman–Crippen LogP) is 4.34. The molecule has 3 rings (SSSR count). The van der Waals surface area contributed by atoms with Gasteiger partial charge < -0.3 is 9.73 Å². The molecule has 0 aliphatic heterocycles. The van der Waals surface area contributed by atoms with Crippen molar-refractivity contribution in [3.8, 4) is 0 Å². The molecule has 0 bridgehead atoms. The van der Waals surface area contributed by atoms with Crippen molar-refractivity contribution in [1.29, 1.82) is 0 Å². The van der Waals surface area contributed by atoms with Crippen molar-refractivity contribution < 1.29 is 9.21 Å². The van der Waals surface area contributed by atoms with Crippen molar-refractivity contribution in [2.75, 3.05) is 5.32 Å². The first-order valence-electron chi connectivity index (χ1n) is 7.23. The van der Waals surface area contributed by atoms with Crippen LogP contribution < -0.4 is 5.32 Å². The average Bonchev–Trinajstić information content (AvgIpc) is 2.96. The number of carbonyl (C=O) groups excluding carboxylic acids is 1. The number of benzene rings is 1. The summed E-state index contributed by atoms with van der Waals surface area (Å²) >= 11 is 0. The highest BCUT2D eigenvalue weighted by molar-refractivity contribution is 5.92. The van der Waals surface area contributed by atoms with Gasteiger partial charge in [-0.05, 0) is 55.7 Å². The van der Waals surface area contributed by atoms with Crippen LogP contribution in [0.4, 0.5) is 5.69 Å². The van der Waals surface area contributed by atoms with Crippen LogP contribution in [0.15, 0.2) is 52.8 Å². The first-order valence-corrected chi connectivity index (χ1v) is 7.23. The fourth-order valence-electron chi connectivity index (χ4n) is 2.71. The second kappa shape index (κ2) is 5.60. The SMILES string of the molecule is Cc1ccc(NC2=CC(=O)C[C@H](c3ccco3)C2)cc1C. The normalized spacial score (nSPS) is 18.5. The maximum atomic E-state index is 11.9. The van der Waals surface area contributed by atoms with Crippen LogP contribution in [-0.2, 0) is 4.79 Å². The van der Waals surface area contributed by atoms with E-state index in [4.69, 9.17) is 4.42 Å². The van der Waals surface area contributed by atoms with E-state index in [0.29, 0.717) is 6.42 Å². The second-order valence-corrected chi connectivity index (χ2v) is 5.68. The maximum Gasteiger partial charge on any atom is 0.158 e. The monoisotopic (exact) mass is 281 g/mol. The molecule has 0 spiro atoms. The van der Waals surface area contributed by atoms with E-state index in [1.165, 1.54) is 11.1 Å². The molecule has 1 heterocycles. The van der Waals surface area contributed by atoms with Gasteiger partial charge in [0.05, 0.1) is 6.26 Å². The summed E-state index contributed by atoms with van der Waals surface area (Å²) in [5, 5.41) is 3.37. The van der Waals surface area contributed by atoms with Gasteiger partial charge in [-0.2, -0.15) is 0 Å². The van der Waals surface area contributed by atoms with Crippen LogP contribution >= 0.6 is 0 Å². The molecule has 1 aromatic carbocycles. The minimum absolute atomic E-state index is 0.131. The van der Waals surface area contributed by atoms with Gasteiger partial charge in [0.25, 0.3) is 0 Å². The predicted molar refractivity (Wildman–Crippen MR) is 83.3 cm³/mol. The van der Waals surface area contributed by atoms with Crippen LogP contribution in [0.25, 0.3) is 0 Å². The first-order chi connectivity index (χ1) is 10.1. The van der Waals surface area contributed by atoms with E-state index in [-0.39, 0.29) is 11.7 Å². The highest BCUT2D eigenvalue weighted by atomic mass is 16.3. The van der Waals surface area contributed by atoms with Crippen molar-refractivity contribution in [3.05, 3.63) is 65.3 Å². The van der Waals surface area contributed by atoms with Gasteiger partial charge in [0, 0.05) is 29.8 Å². The van der Waals surface area contributed by atoms with E-state index in [1.54, 1.807) is 12.3 Å². The number of allylic oxidation sites excluding steroid dienone is 2. The summed E-state index contributed by atoms with van der Waals surface area (Å²) in [7, 11) is 0. The molecule has 1 aromatic heterocycles. The Labute approximate surface area is 124 Å². The molecule has 0 amide bonds. The summed E-state index contributed by atoms with van der Waals surface area (Å²) in [6, 6.07) is 10.1. The molecule has 0 fully saturated rings. The summed E-state index contributed by atoms with van der Waals surface area (Å²) < 4.78 is 5.45. The summed E-state index contributed by atoms with van der Waals surface area (Å²) in [5.74, 6) is 1.16. The number of anilines is 1. The Kier molecular flexibility index (Phi) is 3.65. The van der Waals surface area contributed by atoms with Gasteiger partial charge in [0.2, 0.25) is 0 Å². The zero-order valence-electron chi connectivity index (χ0n) is 12.3. The Morgan fingerprint density at radius 1 is 1.14 bits per heavy atom. The van der Waals surface area contributed by atoms with Crippen LogP contribution in [-0.4, -0.2) is 5.78 Å². The molecule has 0 radical (unpaired) electrons. The topological polar surface area (TPSA) is 42.2 Å². The number of hydrogen-bond donors (Lipinski definition) is 1. The van der Waals surface area contributed by atoms with Crippen molar-refractivity contribution in [2.45, 2.75) is 32.6 Å². The van der Waals surface area contributed by atoms with Gasteiger partial charge in [0.1, 0.15) is 5.76 Å². The average molecular weight is 281 g/mol. The number of furan rings is 1. The smallest absolute Gasteiger partial charge is 0.158 e. The second-order valence-electron chi connectivity index (χ2n) is 5.68. The lowest BCUT2D eigenvalue weighted by Crippen LogP contribution is -2.16. The number of hydrogen-bond acceptors (Lipinski definition) is 3. The molecule has 1 aliphatic rings. The van der Waals surface area contributed by atoms with E-state index < -0.39 is 0 Å². The Morgan fingerprint density at radius 2 is 2.00 bits per heavy atom. The molecule has 0 unspecified atom stereocenters. The van der Waals surface area contributed by atoms with E-state index >= 15 is 0 Å². The number of carbonyl (C=O) groups is 1. The zero-order chi connectivity index (χ0) is 14.8. The third kappa shape index (κ3) is 3.07. The van der Waals surface area contributed by atoms with Crippen molar-refractivity contribution in [3.63, 3.8) is 0 Å². The highest BCUT2D eigenvalue weighted by Gasteiger charge is 2.24. The molecule has 108 valence electrons. The quantitative estimate of drug-likeness (QED) is 0.910. The standard InChI is InChI=1S/C18H19NO2/c1-12-5-6-15(8-13(12)2)19-16-9-14(10-17(20)11-16)18-4-3-7-21-18/h3-8,11,14,19H,9-10H2,1-2H3/t14-/m1/s1. The van der Waals surface area contributed by atoms with Crippen LogP contribution in [0, 0.1) is 13.8 Å². The Hall–Kier alpha value is -2.29. The third-order valence-electron chi connectivity index (χ3n) is 4.01. The minimum atomic E-state index is 0.131. The van der Waals surface area contributed by atoms with E-state index in [9.17, 15) is 4.79 Å². The molecule has 21 heavy (non-hydrogen) atoms. The van der Waals surface area contributed by atoms with Gasteiger partial charge in [-0.3, -0.25) is 4.79 Å². The summed E-state index contributed by atoms with van der Waals surface area (Å²) in [6.07, 6.45) is 4.70. The molecule has 0 saturated heterocycles. The van der Waals surface area contributed by atoms with Crippen molar-refractivity contribution in [2.24, 2.45) is 0 Å². The van der Waals surface area contributed by atoms with Gasteiger partial charge in [-0.25, -0.2) is 0 Å². The molecular formula is C18H19NO2. The Balaban J connectivity index is 1.78. The molecule has 3 nitrogen and oxygen atoms in total. The lowest BCUT2D eigenvalue weighted by atomic mass is 9.89. The maximum absolute atomic E-state index is 11.9. The van der Waals surface area contributed by atoms with Crippen molar-refractivity contribution >= 4 is 11.5 Å².